The van der Waals surface area contributed by atoms with E-state index >= 15 is 0 Å². The Hall–Kier alpha value is 3.78. The average molecular weight is 305 g/mol. The van der Waals surface area contributed by atoms with Crippen molar-refractivity contribution in [1.29, 1.82) is 0 Å². The summed E-state index contributed by atoms with van der Waals surface area (Å²) in [5, 5.41) is 0. The molecule has 0 atom stereocenters. The molecule has 13 heavy (non-hydrogen) atoms. The molecule has 7 nitrogen and oxygen atoms in total. The van der Waals surface area contributed by atoms with Crippen molar-refractivity contribution in [2.45, 2.75) is 0 Å². The minimum absolute atomic E-state index is 0. The third-order valence-corrected chi connectivity index (χ3v) is 1.91. The van der Waals surface area contributed by atoms with Crippen LogP contribution in [0.15, 0.2) is 0 Å². The van der Waals surface area contributed by atoms with E-state index in [2.05, 4.69) is 4.31 Å². The molecule has 0 aliphatic heterocycles. The molecular formula is H7MnNa3O7P2. The maximum absolute atomic E-state index is 9.63. The van der Waals surface area contributed by atoms with Crippen LogP contribution in [0, 0.1) is 0 Å². The molecule has 0 aromatic heterocycles. The van der Waals surface area contributed by atoms with Gasteiger partial charge in [0.15, 0.2) is 0 Å². The fourth-order valence-corrected chi connectivity index (χ4v) is 1.25. The Balaban J connectivity index is -0.0000000533. The van der Waals surface area contributed by atoms with E-state index in [1.54, 1.807) is 0 Å². The first-order chi connectivity index (χ1) is 3.71. The van der Waals surface area contributed by atoms with Gasteiger partial charge in [-0.15, -0.1) is 0 Å². The van der Waals surface area contributed by atoms with Gasteiger partial charge in [-0.05, 0) is 0 Å². The summed E-state index contributed by atoms with van der Waals surface area (Å²) in [5.41, 5.74) is 0. The Labute approximate surface area is 152 Å². The molecule has 0 aliphatic carbocycles. The zero-order valence-electron chi connectivity index (χ0n) is 4.29. The van der Waals surface area contributed by atoms with Crippen molar-refractivity contribution >= 4 is 104 Å². The summed E-state index contributed by atoms with van der Waals surface area (Å²) in [4.78, 5) is 31.0. The molecule has 0 aliphatic rings. The van der Waals surface area contributed by atoms with Gasteiger partial charge < -0.3 is 19.6 Å². The van der Waals surface area contributed by atoms with Gasteiger partial charge in [0.1, 0.15) is 0 Å². The van der Waals surface area contributed by atoms with Gasteiger partial charge >= 0.3 is 104 Å². The number of hydrogen-bond donors (Lipinski definition) is 4. The normalized spacial score (nSPS) is 9.54. The van der Waals surface area contributed by atoms with Gasteiger partial charge in [0.25, 0.3) is 0 Å². The second-order valence-electron chi connectivity index (χ2n) is 1.06. The molecule has 0 unspecified atom stereocenters. The SMILES string of the molecule is O=P(O)(O)OP(=O)(O)O.[Mn].[NaH].[NaH].[NaH]. The zero-order chi connectivity index (χ0) is 7.71. The monoisotopic (exact) mass is 305 g/mol. The molecule has 0 amide bonds. The van der Waals surface area contributed by atoms with Crippen LogP contribution in [-0.4, -0.2) is 108 Å². The summed E-state index contributed by atoms with van der Waals surface area (Å²) < 4.78 is 22.2. The topological polar surface area (TPSA) is 124 Å². The summed E-state index contributed by atoms with van der Waals surface area (Å²) in [5.74, 6) is 0. The predicted octanol–water partition coefficient (Wildman–Crippen LogP) is -2.76. The molecule has 69 valence electrons. The van der Waals surface area contributed by atoms with Crippen LogP contribution in [0.2, 0.25) is 0 Å². The molecule has 0 saturated heterocycles. The molecule has 0 aromatic rings. The summed E-state index contributed by atoms with van der Waals surface area (Å²) in [6.07, 6.45) is 0. The second-order valence-corrected chi connectivity index (χ2v) is 3.68. The molecule has 0 aromatic carbocycles. The van der Waals surface area contributed by atoms with Gasteiger partial charge in [-0.1, -0.05) is 0 Å². The van der Waals surface area contributed by atoms with Gasteiger partial charge in [-0.2, -0.15) is 4.31 Å². The summed E-state index contributed by atoms with van der Waals surface area (Å²) in [6, 6.07) is 0. The maximum atomic E-state index is 9.63. The van der Waals surface area contributed by atoms with E-state index < -0.39 is 15.6 Å². The van der Waals surface area contributed by atoms with Crippen molar-refractivity contribution in [3.05, 3.63) is 0 Å². The molecule has 0 bridgehead atoms. The van der Waals surface area contributed by atoms with Gasteiger partial charge in [0, 0.05) is 17.1 Å². The molecule has 0 fully saturated rings. The van der Waals surface area contributed by atoms with Crippen LogP contribution in [0.1, 0.15) is 0 Å². The van der Waals surface area contributed by atoms with E-state index in [1.807, 2.05) is 0 Å². The zero-order valence-corrected chi connectivity index (χ0v) is 7.26. The van der Waals surface area contributed by atoms with Gasteiger partial charge in [-0.3, -0.25) is 0 Å². The Kier molecular flexibility index (Phi) is 28.4. The fraction of sp³-hybridized carbons (Fsp3) is 0. The van der Waals surface area contributed by atoms with Crippen molar-refractivity contribution in [1.82, 2.24) is 0 Å². The van der Waals surface area contributed by atoms with Crippen LogP contribution < -0.4 is 0 Å². The second kappa shape index (κ2) is 12.2. The van der Waals surface area contributed by atoms with E-state index in [9.17, 15) is 9.13 Å². The average Bonchev–Trinajstić information content (AvgIpc) is 1.14. The van der Waals surface area contributed by atoms with Crippen LogP contribution in [-0.2, 0) is 30.5 Å². The molecule has 0 heterocycles. The van der Waals surface area contributed by atoms with Crippen LogP contribution in [0.5, 0.6) is 0 Å². The van der Waals surface area contributed by atoms with Crippen molar-refractivity contribution < 1.29 is 50.1 Å². The molecule has 4 N–H and O–H groups in total. The Morgan fingerprint density at radius 2 is 0.923 bits per heavy atom. The first-order valence-electron chi connectivity index (χ1n) is 1.53. The van der Waals surface area contributed by atoms with E-state index in [4.69, 9.17) is 19.6 Å². The van der Waals surface area contributed by atoms with E-state index in [-0.39, 0.29) is 106 Å². The first-order valence-corrected chi connectivity index (χ1v) is 4.59. The Morgan fingerprint density at radius 3 is 0.923 bits per heavy atom. The molecule has 1 radical (unpaired) electrons. The van der Waals surface area contributed by atoms with E-state index in [0.717, 1.165) is 0 Å². The van der Waals surface area contributed by atoms with Crippen molar-refractivity contribution in [2.75, 3.05) is 0 Å². The van der Waals surface area contributed by atoms with Crippen molar-refractivity contribution in [2.24, 2.45) is 0 Å². The van der Waals surface area contributed by atoms with E-state index in [0.29, 0.717) is 0 Å². The summed E-state index contributed by atoms with van der Waals surface area (Å²) >= 11 is 0. The van der Waals surface area contributed by atoms with Gasteiger partial charge in [-0.25, -0.2) is 9.13 Å². The van der Waals surface area contributed by atoms with Crippen LogP contribution >= 0.6 is 15.6 Å². The quantitative estimate of drug-likeness (QED) is 0.322. The van der Waals surface area contributed by atoms with Crippen LogP contribution in [0.3, 0.4) is 0 Å². The molecule has 13 heteroatoms. The first kappa shape index (κ1) is 30.1. The standard InChI is InChI=1S/Mn.3Na.H4O7P2.3H/c;;;;1-8(2,3)7-9(4,5)6;;;/h;;;;(H2,1,2,3)(H2,4,5,6);;;. The van der Waals surface area contributed by atoms with Gasteiger partial charge in [0.2, 0.25) is 0 Å². The molecular weight excluding hydrogens is 298 g/mol. The Morgan fingerprint density at radius 1 is 0.769 bits per heavy atom. The minimum atomic E-state index is -5.05. The van der Waals surface area contributed by atoms with Gasteiger partial charge in [0.05, 0.1) is 0 Å². The third-order valence-electron chi connectivity index (χ3n) is 0.213. The summed E-state index contributed by atoms with van der Waals surface area (Å²) in [7, 11) is -10.1. The number of rotatable bonds is 2. The predicted molar refractivity (Wildman–Crippen MR) is 46.6 cm³/mol. The number of phosphoric acid groups is 2. The van der Waals surface area contributed by atoms with Crippen LogP contribution in [0.4, 0.5) is 0 Å². The van der Waals surface area contributed by atoms with Crippen molar-refractivity contribution in [3.8, 4) is 0 Å². The Bertz CT molecular complexity index is 162. The van der Waals surface area contributed by atoms with Crippen LogP contribution in [0.25, 0.3) is 0 Å². The molecule has 0 saturated carbocycles. The van der Waals surface area contributed by atoms with E-state index in [1.165, 1.54) is 0 Å². The van der Waals surface area contributed by atoms with Crippen molar-refractivity contribution in [3.63, 3.8) is 0 Å². The number of hydrogen-bond acceptors (Lipinski definition) is 3. The fourth-order valence-electron chi connectivity index (χ4n) is 0.139. The third kappa shape index (κ3) is 31.3. The molecule has 0 rings (SSSR count). The molecule has 0 spiro atoms. The summed E-state index contributed by atoms with van der Waals surface area (Å²) in [6.45, 7) is 0.